The third-order valence-corrected chi connectivity index (χ3v) is 5.40. The van der Waals surface area contributed by atoms with Crippen molar-refractivity contribution in [3.63, 3.8) is 0 Å². The summed E-state index contributed by atoms with van der Waals surface area (Å²) in [6, 6.07) is 14.8. The molecule has 0 spiro atoms. The van der Waals surface area contributed by atoms with Gasteiger partial charge in [0.15, 0.2) is 0 Å². The minimum absolute atomic E-state index is 0.857. The van der Waals surface area contributed by atoms with Crippen LogP contribution in [0.2, 0.25) is 5.02 Å². The molecule has 1 aliphatic carbocycles. The Balaban J connectivity index is 1.89. The maximum absolute atomic E-state index is 6.28. The van der Waals surface area contributed by atoms with Crippen molar-refractivity contribution >= 4 is 44.7 Å². The quantitative estimate of drug-likeness (QED) is 0.513. The summed E-state index contributed by atoms with van der Waals surface area (Å²) in [7, 11) is 0. The Labute approximate surface area is 127 Å². The molecule has 0 fully saturated rings. The Morgan fingerprint density at radius 1 is 0.950 bits per heavy atom. The molecule has 2 heteroatoms. The molecule has 4 rings (SSSR count). The molecule has 2 aromatic carbocycles. The number of hydrogen-bond acceptors (Lipinski definition) is 1. The van der Waals surface area contributed by atoms with E-state index < -0.39 is 0 Å². The molecule has 0 saturated heterocycles. The van der Waals surface area contributed by atoms with Gasteiger partial charge in [-0.3, -0.25) is 0 Å². The van der Waals surface area contributed by atoms with Crippen LogP contribution in [0.1, 0.15) is 23.1 Å². The number of thiophene rings is 1. The molecule has 0 aliphatic heterocycles. The number of aryl methyl sites for hydroxylation is 1. The van der Waals surface area contributed by atoms with E-state index in [2.05, 4.69) is 41.8 Å². The van der Waals surface area contributed by atoms with E-state index in [1.807, 2.05) is 12.1 Å². The van der Waals surface area contributed by atoms with Gasteiger partial charge in [-0.1, -0.05) is 54.1 Å². The Morgan fingerprint density at radius 3 is 2.80 bits per heavy atom. The highest BCUT2D eigenvalue weighted by molar-refractivity contribution is 7.18. The number of halogens is 1. The molecule has 0 N–H and O–H groups in total. The van der Waals surface area contributed by atoms with Crippen molar-refractivity contribution in [1.29, 1.82) is 0 Å². The summed E-state index contributed by atoms with van der Waals surface area (Å²) in [6.45, 7) is 0. The molecule has 3 aromatic rings. The second kappa shape index (κ2) is 4.76. The van der Waals surface area contributed by atoms with Crippen LogP contribution in [-0.2, 0) is 6.42 Å². The monoisotopic (exact) mass is 296 g/mol. The topological polar surface area (TPSA) is 0 Å². The van der Waals surface area contributed by atoms with Crippen molar-refractivity contribution in [2.75, 3.05) is 0 Å². The van der Waals surface area contributed by atoms with E-state index in [4.69, 9.17) is 11.6 Å². The fourth-order valence-corrected chi connectivity index (χ4v) is 4.22. The van der Waals surface area contributed by atoms with Crippen LogP contribution in [-0.4, -0.2) is 0 Å². The van der Waals surface area contributed by atoms with E-state index in [9.17, 15) is 0 Å². The summed E-state index contributed by atoms with van der Waals surface area (Å²) in [5.41, 5.74) is 5.59. The van der Waals surface area contributed by atoms with Gasteiger partial charge in [0, 0.05) is 5.39 Å². The predicted octanol–water partition coefficient (Wildman–Crippen LogP) is 6.04. The van der Waals surface area contributed by atoms with Gasteiger partial charge >= 0.3 is 0 Å². The van der Waals surface area contributed by atoms with E-state index in [0.717, 1.165) is 17.9 Å². The van der Waals surface area contributed by atoms with Crippen LogP contribution in [0.25, 0.3) is 21.7 Å². The number of rotatable bonds is 1. The minimum atomic E-state index is 0.857. The number of benzene rings is 2. The van der Waals surface area contributed by atoms with Gasteiger partial charge in [0.2, 0.25) is 0 Å². The average Bonchev–Trinajstić information content (AvgIpc) is 2.92. The predicted molar refractivity (Wildman–Crippen MR) is 89.5 cm³/mol. The largest absolute Gasteiger partial charge is 0.142 e. The first kappa shape index (κ1) is 12.2. The lowest BCUT2D eigenvalue weighted by molar-refractivity contribution is 1.00. The fourth-order valence-electron chi connectivity index (χ4n) is 2.92. The lowest BCUT2D eigenvalue weighted by Crippen LogP contribution is -1.98. The van der Waals surface area contributed by atoms with Gasteiger partial charge in [-0.25, -0.2) is 0 Å². The van der Waals surface area contributed by atoms with Gasteiger partial charge in [-0.2, -0.15) is 0 Å². The van der Waals surface area contributed by atoms with Gasteiger partial charge in [-0.05, 0) is 46.6 Å². The second-order valence-electron chi connectivity index (χ2n) is 5.13. The molecule has 0 nitrogen and oxygen atoms in total. The Hall–Kier alpha value is -1.57. The lowest BCUT2D eigenvalue weighted by atomic mass is 9.89. The molecule has 0 atom stereocenters. The number of fused-ring (bicyclic) bond motifs is 2. The van der Waals surface area contributed by atoms with E-state index in [1.54, 1.807) is 11.3 Å². The molecule has 0 unspecified atom stereocenters. The van der Waals surface area contributed by atoms with Crippen molar-refractivity contribution in [3.05, 3.63) is 69.6 Å². The average molecular weight is 297 g/mol. The van der Waals surface area contributed by atoms with Gasteiger partial charge in [0.25, 0.3) is 0 Å². The van der Waals surface area contributed by atoms with Crippen LogP contribution in [0.3, 0.4) is 0 Å². The van der Waals surface area contributed by atoms with Crippen molar-refractivity contribution in [1.82, 2.24) is 0 Å². The molecular weight excluding hydrogens is 284 g/mol. The van der Waals surface area contributed by atoms with Crippen LogP contribution in [0.5, 0.6) is 0 Å². The van der Waals surface area contributed by atoms with Crippen LogP contribution in [0.15, 0.2) is 47.8 Å². The van der Waals surface area contributed by atoms with Crippen molar-refractivity contribution < 1.29 is 0 Å². The highest BCUT2D eigenvalue weighted by atomic mass is 35.5. The van der Waals surface area contributed by atoms with Crippen molar-refractivity contribution in [2.45, 2.75) is 12.8 Å². The molecule has 1 aromatic heterocycles. The minimum Gasteiger partial charge on any atom is -0.142 e. The second-order valence-corrected chi connectivity index (χ2v) is 6.42. The van der Waals surface area contributed by atoms with Crippen LogP contribution < -0.4 is 0 Å². The Bertz CT molecular complexity index is 826. The van der Waals surface area contributed by atoms with E-state index in [-0.39, 0.29) is 0 Å². The molecule has 0 bridgehead atoms. The molecule has 20 heavy (non-hydrogen) atoms. The fraction of sp³-hybridized carbons (Fsp3) is 0.111. The zero-order valence-electron chi connectivity index (χ0n) is 10.9. The first-order valence-electron chi connectivity index (χ1n) is 6.77. The summed E-state index contributed by atoms with van der Waals surface area (Å²) in [5, 5.41) is 4.39. The third-order valence-electron chi connectivity index (χ3n) is 3.95. The first-order chi connectivity index (χ1) is 9.83. The zero-order valence-corrected chi connectivity index (χ0v) is 12.5. The molecule has 1 aliphatic rings. The molecule has 0 amide bonds. The first-order valence-corrected chi connectivity index (χ1v) is 8.03. The molecule has 0 saturated carbocycles. The SMILES string of the molecule is Clc1cccc2c(C3=Cc4ccccc4CC3)csc12. The molecule has 1 heterocycles. The van der Waals surface area contributed by atoms with E-state index in [0.29, 0.717) is 0 Å². The highest BCUT2D eigenvalue weighted by Crippen LogP contribution is 2.39. The summed E-state index contributed by atoms with van der Waals surface area (Å²) in [5.74, 6) is 0. The summed E-state index contributed by atoms with van der Waals surface area (Å²) in [6.07, 6.45) is 4.57. The third kappa shape index (κ3) is 1.90. The van der Waals surface area contributed by atoms with Crippen molar-refractivity contribution in [3.8, 4) is 0 Å². The van der Waals surface area contributed by atoms with Gasteiger partial charge < -0.3 is 0 Å². The van der Waals surface area contributed by atoms with Gasteiger partial charge in [0.05, 0.1) is 9.72 Å². The number of allylic oxidation sites excluding steroid dienone is 1. The standard InChI is InChI=1S/C18H13ClS/c19-17-7-3-6-15-16(11-20-18(15)17)14-9-8-12-4-1-2-5-13(12)10-14/h1-7,10-11H,8-9H2. The van der Waals surface area contributed by atoms with E-state index >= 15 is 0 Å². The Kier molecular flexibility index (Phi) is 2.90. The van der Waals surface area contributed by atoms with Crippen LogP contribution >= 0.6 is 22.9 Å². The highest BCUT2D eigenvalue weighted by Gasteiger charge is 2.15. The maximum Gasteiger partial charge on any atom is 0.0584 e. The smallest absolute Gasteiger partial charge is 0.0584 e. The summed E-state index contributed by atoms with van der Waals surface area (Å²) >= 11 is 8.02. The molecular formula is C18H13ClS. The zero-order chi connectivity index (χ0) is 13.5. The maximum atomic E-state index is 6.28. The van der Waals surface area contributed by atoms with Gasteiger partial charge in [-0.15, -0.1) is 11.3 Å². The normalized spacial score (nSPS) is 14.2. The Morgan fingerprint density at radius 2 is 1.85 bits per heavy atom. The van der Waals surface area contributed by atoms with Gasteiger partial charge in [0.1, 0.15) is 0 Å². The summed E-state index contributed by atoms with van der Waals surface area (Å²) < 4.78 is 1.20. The van der Waals surface area contributed by atoms with Crippen molar-refractivity contribution in [2.24, 2.45) is 0 Å². The lowest BCUT2D eigenvalue weighted by Gasteiger charge is -2.16. The molecule has 98 valence electrons. The molecule has 0 radical (unpaired) electrons. The van der Waals surface area contributed by atoms with Crippen LogP contribution in [0.4, 0.5) is 0 Å². The summed E-state index contributed by atoms with van der Waals surface area (Å²) in [4.78, 5) is 0. The van der Waals surface area contributed by atoms with E-state index in [1.165, 1.54) is 32.3 Å². The number of hydrogen-bond donors (Lipinski definition) is 0. The van der Waals surface area contributed by atoms with Crippen LogP contribution in [0, 0.1) is 0 Å².